The molecule has 0 amide bonds. The van der Waals surface area contributed by atoms with Crippen molar-refractivity contribution < 1.29 is 0 Å². The highest BCUT2D eigenvalue weighted by Gasteiger charge is 2.55. The highest BCUT2D eigenvalue weighted by molar-refractivity contribution is 5.34. The molecule has 0 nitrogen and oxygen atoms in total. The van der Waals surface area contributed by atoms with E-state index in [1.165, 1.54) is 51.4 Å². The predicted molar refractivity (Wildman–Crippen MR) is 90.0 cm³/mol. The second-order valence-corrected chi connectivity index (χ2v) is 8.52. The van der Waals surface area contributed by atoms with E-state index in [0.717, 1.165) is 17.8 Å². The molecule has 4 rings (SSSR count). The van der Waals surface area contributed by atoms with E-state index in [4.69, 9.17) is 0 Å². The number of rotatable bonds is 1. The van der Waals surface area contributed by atoms with E-state index in [1.54, 1.807) is 5.57 Å². The van der Waals surface area contributed by atoms with Crippen molar-refractivity contribution in [3.05, 3.63) is 36.0 Å². The van der Waals surface area contributed by atoms with Gasteiger partial charge in [-0.05, 0) is 79.1 Å². The van der Waals surface area contributed by atoms with Gasteiger partial charge in [0.15, 0.2) is 0 Å². The van der Waals surface area contributed by atoms with Crippen molar-refractivity contribution in [2.75, 3.05) is 0 Å². The van der Waals surface area contributed by atoms with Crippen molar-refractivity contribution >= 4 is 0 Å². The third-order valence-corrected chi connectivity index (χ3v) is 7.88. The standard InChI is InChI=1S/C21H30/c1-4-15-9-11-18-17-10-8-16-7-5-6-13-20(16,2)19(17)12-14-21(15,18)3/h4,8-9,17-19H,1,5-7,10-14H2,2-3H3/t17-,18-,19-,20-,21+/m0/s1. The second kappa shape index (κ2) is 4.61. The first-order valence-corrected chi connectivity index (χ1v) is 9.12. The summed E-state index contributed by atoms with van der Waals surface area (Å²) < 4.78 is 0. The number of hydrogen-bond acceptors (Lipinski definition) is 0. The number of fused-ring (bicyclic) bond motifs is 5. The van der Waals surface area contributed by atoms with Crippen molar-refractivity contribution in [3.63, 3.8) is 0 Å². The van der Waals surface area contributed by atoms with Crippen molar-refractivity contribution in [1.29, 1.82) is 0 Å². The third kappa shape index (κ3) is 1.74. The minimum atomic E-state index is 0.430. The van der Waals surface area contributed by atoms with E-state index in [1.807, 2.05) is 5.57 Å². The van der Waals surface area contributed by atoms with Gasteiger partial charge in [-0.15, -0.1) is 0 Å². The Hall–Kier alpha value is -0.780. The normalized spacial score (nSPS) is 48.6. The maximum Gasteiger partial charge on any atom is -0.00445 e. The van der Waals surface area contributed by atoms with Gasteiger partial charge in [-0.2, -0.15) is 0 Å². The lowest BCUT2D eigenvalue weighted by Gasteiger charge is -2.57. The van der Waals surface area contributed by atoms with Crippen LogP contribution in [0.2, 0.25) is 0 Å². The van der Waals surface area contributed by atoms with Gasteiger partial charge in [-0.25, -0.2) is 0 Å². The molecule has 2 saturated carbocycles. The molecule has 0 saturated heterocycles. The maximum absolute atomic E-state index is 4.08. The molecule has 2 fully saturated rings. The summed E-state index contributed by atoms with van der Waals surface area (Å²) in [7, 11) is 0. The maximum atomic E-state index is 4.08. The van der Waals surface area contributed by atoms with Gasteiger partial charge in [0.1, 0.15) is 0 Å². The minimum Gasteiger partial charge on any atom is -0.0988 e. The zero-order valence-electron chi connectivity index (χ0n) is 13.8. The summed E-state index contributed by atoms with van der Waals surface area (Å²) in [4.78, 5) is 0. The highest BCUT2D eigenvalue weighted by Crippen LogP contribution is 2.64. The average Bonchev–Trinajstić information content (AvgIpc) is 2.83. The monoisotopic (exact) mass is 282 g/mol. The van der Waals surface area contributed by atoms with Crippen molar-refractivity contribution in [1.82, 2.24) is 0 Å². The molecule has 21 heavy (non-hydrogen) atoms. The van der Waals surface area contributed by atoms with Crippen LogP contribution in [0.5, 0.6) is 0 Å². The van der Waals surface area contributed by atoms with E-state index in [9.17, 15) is 0 Å². The van der Waals surface area contributed by atoms with Crippen LogP contribution in [0.1, 0.15) is 65.2 Å². The lowest BCUT2D eigenvalue weighted by molar-refractivity contribution is -0.0156. The summed E-state index contributed by atoms with van der Waals surface area (Å²) in [6.45, 7) is 9.21. The molecule has 0 heterocycles. The Morgan fingerprint density at radius 1 is 1.05 bits per heavy atom. The van der Waals surface area contributed by atoms with Crippen molar-refractivity contribution in [2.24, 2.45) is 28.6 Å². The van der Waals surface area contributed by atoms with Crippen LogP contribution in [0.3, 0.4) is 0 Å². The average molecular weight is 282 g/mol. The van der Waals surface area contributed by atoms with E-state index < -0.39 is 0 Å². The second-order valence-electron chi connectivity index (χ2n) is 8.52. The van der Waals surface area contributed by atoms with E-state index in [-0.39, 0.29) is 0 Å². The van der Waals surface area contributed by atoms with Crippen LogP contribution in [0.4, 0.5) is 0 Å². The summed E-state index contributed by atoms with van der Waals surface area (Å²) >= 11 is 0. The molecule has 0 aliphatic heterocycles. The van der Waals surface area contributed by atoms with Crippen LogP contribution < -0.4 is 0 Å². The Labute approximate surface area is 130 Å². The summed E-state index contributed by atoms with van der Waals surface area (Å²) in [5.74, 6) is 2.75. The van der Waals surface area contributed by atoms with Gasteiger partial charge in [0.05, 0.1) is 0 Å². The fourth-order valence-electron chi connectivity index (χ4n) is 6.62. The zero-order chi connectivity index (χ0) is 14.7. The predicted octanol–water partition coefficient (Wildman–Crippen LogP) is 6.06. The Bertz CT molecular complexity index is 522. The molecule has 114 valence electrons. The van der Waals surface area contributed by atoms with Crippen LogP contribution in [0.15, 0.2) is 36.0 Å². The van der Waals surface area contributed by atoms with Gasteiger partial charge < -0.3 is 0 Å². The molecule has 0 N–H and O–H groups in total. The molecule has 0 heteroatoms. The van der Waals surface area contributed by atoms with E-state index in [0.29, 0.717) is 10.8 Å². The fourth-order valence-corrected chi connectivity index (χ4v) is 6.62. The molecule has 4 aliphatic rings. The Morgan fingerprint density at radius 2 is 1.90 bits per heavy atom. The van der Waals surface area contributed by atoms with Crippen LogP contribution in [-0.4, -0.2) is 0 Å². The molecule has 5 atom stereocenters. The molecular formula is C21H30. The van der Waals surface area contributed by atoms with Crippen LogP contribution in [-0.2, 0) is 0 Å². The molecule has 0 aromatic heterocycles. The third-order valence-electron chi connectivity index (χ3n) is 7.88. The number of hydrogen-bond donors (Lipinski definition) is 0. The van der Waals surface area contributed by atoms with Crippen LogP contribution in [0, 0.1) is 28.6 Å². The fraction of sp³-hybridized carbons (Fsp3) is 0.714. The first-order valence-electron chi connectivity index (χ1n) is 9.12. The lowest BCUT2D eigenvalue weighted by Crippen LogP contribution is -2.48. The quantitative estimate of drug-likeness (QED) is 0.513. The molecule has 0 spiro atoms. The first-order chi connectivity index (χ1) is 10.1. The Morgan fingerprint density at radius 3 is 2.71 bits per heavy atom. The minimum absolute atomic E-state index is 0.430. The van der Waals surface area contributed by atoms with Gasteiger partial charge in [0.25, 0.3) is 0 Å². The largest absolute Gasteiger partial charge is 0.0988 e. The van der Waals surface area contributed by atoms with Crippen LogP contribution in [0.25, 0.3) is 0 Å². The van der Waals surface area contributed by atoms with Gasteiger partial charge >= 0.3 is 0 Å². The first kappa shape index (κ1) is 13.9. The lowest BCUT2D eigenvalue weighted by atomic mass is 9.47. The van der Waals surface area contributed by atoms with Gasteiger partial charge in [0, 0.05) is 0 Å². The van der Waals surface area contributed by atoms with E-state index in [2.05, 4.69) is 38.7 Å². The number of allylic oxidation sites excluding steroid dienone is 5. The van der Waals surface area contributed by atoms with E-state index >= 15 is 0 Å². The zero-order valence-corrected chi connectivity index (χ0v) is 13.8. The topological polar surface area (TPSA) is 0 Å². The molecule has 0 aromatic rings. The molecule has 0 unspecified atom stereocenters. The van der Waals surface area contributed by atoms with Gasteiger partial charge in [-0.1, -0.05) is 50.6 Å². The Balaban J connectivity index is 1.69. The summed E-state index contributed by atoms with van der Waals surface area (Å²) in [5, 5.41) is 0. The molecular weight excluding hydrogens is 252 g/mol. The Kier molecular flexibility index (Phi) is 3.04. The highest BCUT2D eigenvalue weighted by atomic mass is 14.6. The van der Waals surface area contributed by atoms with Crippen molar-refractivity contribution in [2.45, 2.75) is 65.2 Å². The summed E-state index contributed by atoms with van der Waals surface area (Å²) in [6.07, 6.45) is 18.5. The van der Waals surface area contributed by atoms with Gasteiger partial charge in [-0.3, -0.25) is 0 Å². The summed E-state index contributed by atoms with van der Waals surface area (Å²) in [5.41, 5.74) is 4.35. The van der Waals surface area contributed by atoms with Crippen LogP contribution >= 0.6 is 0 Å². The van der Waals surface area contributed by atoms with Crippen molar-refractivity contribution in [3.8, 4) is 0 Å². The molecule has 4 aliphatic carbocycles. The SMILES string of the molecule is C=CC1=CC[C@H]2[C@@H]3CC=C4CCCC[C@]4(C)[C@H]3CC[C@]12C. The van der Waals surface area contributed by atoms with Gasteiger partial charge in [0.2, 0.25) is 0 Å². The molecule has 0 aromatic carbocycles. The smallest absolute Gasteiger partial charge is 0.00445 e. The molecule has 0 radical (unpaired) electrons. The molecule has 0 bridgehead atoms. The summed E-state index contributed by atoms with van der Waals surface area (Å²) in [6, 6.07) is 0.